The van der Waals surface area contributed by atoms with E-state index in [1.54, 1.807) is 4.90 Å². The molecule has 0 spiro atoms. The number of carbonyl (C=O) groups is 1. The number of nitrogens with one attached hydrogen (secondary N) is 1. The summed E-state index contributed by atoms with van der Waals surface area (Å²) in [5.74, 6) is 0.791. The SMILES string of the molecule is N#CCCN(C(=O)CSc1n[nH]c(-c2ccccc2)n1)c1ccccc1. The third-order valence-electron chi connectivity index (χ3n) is 3.65. The first kappa shape index (κ1) is 17.7. The maximum atomic E-state index is 12.6. The molecule has 1 amide bonds. The summed E-state index contributed by atoms with van der Waals surface area (Å²) in [7, 11) is 0. The average molecular weight is 363 g/mol. The van der Waals surface area contributed by atoms with E-state index in [-0.39, 0.29) is 18.1 Å². The number of aromatic amines is 1. The normalized spacial score (nSPS) is 10.3. The molecular formula is C19H17N5OS. The molecule has 6 nitrogen and oxygen atoms in total. The number of carbonyl (C=O) groups excluding carboxylic acids is 1. The van der Waals surface area contributed by atoms with Gasteiger partial charge in [-0.25, -0.2) is 4.98 Å². The van der Waals surface area contributed by atoms with E-state index in [1.165, 1.54) is 11.8 Å². The molecule has 0 bridgehead atoms. The second-order valence-corrected chi connectivity index (χ2v) is 6.35. The molecule has 0 aliphatic heterocycles. The Morgan fingerprint density at radius 1 is 1.12 bits per heavy atom. The molecule has 1 N–H and O–H groups in total. The number of anilines is 1. The predicted molar refractivity (Wildman–Crippen MR) is 102 cm³/mol. The molecule has 0 unspecified atom stereocenters. The van der Waals surface area contributed by atoms with Gasteiger partial charge in [-0.05, 0) is 12.1 Å². The number of para-hydroxylation sites is 1. The summed E-state index contributed by atoms with van der Waals surface area (Å²) in [6, 6.07) is 21.1. The van der Waals surface area contributed by atoms with Crippen molar-refractivity contribution in [3.63, 3.8) is 0 Å². The Hall–Kier alpha value is -3.11. The van der Waals surface area contributed by atoms with Gasteiger partial charge in [0, 0.05) is 17.8 Å². The zero-order chi connectivity index (χ0) is 18.2. The Kier molecular flexibility index (Phi) is 6.01. The molecule has 1 heterocycles. The highest BCUT2D eigenvalue weighted by molar-refractivity contribution is 7.99. The summed E-state index contributed by atoms with van der Waals surface area (Å²) in [4.78, 5) is 18.7. The lowest BCUT2D eigenvalue weighted by molar-refractivity contribution is -0.116. The van der Waals surface area contributed by atoms with Crippen molar-refractivity contribution in [1.82, 2.24) is 15.2 Å². The lowest BCUT2D eigenvalue weighted by Gasteiger charge is -2.21. The summed E-state index contributed by atoms with van der Waals surface area (Å²) in [6.45, 7) is 0.364. The van der Waals surface area contributed by atoms with Crippen LogP contribution in [0, 0.1) is 11.3 Å². The molecule has 0 aliphatic carbocycles. The molecule has 130 valence electrons. The van der Waals surface area contributed by atoms with Gasteiger partial charge < -0.3 is 4.90 Å². The monoisotopic (exact) mass is 363 g/mol. The fourth-order valence-corrected chi connectivity index (χ4v) is 3.08. The number of nitrogens with zero attached hydrogens (tertiary/aromatic N) is 4. The standard InChI is InChI=1S/C19H17N5OS/c20-12-7-13-24(16-10-5-2-6-11-16)17(25)14-26-19-21-18(22-23-19)15-8-3-1-4-9-15/h1-6,8-11H,7,13-14H2,(H,21,22,23). The molecule has 0 saturated carbocycles. The number of amides is 1. The summed E-state index contributed by atoms with van der Waals surface area (Å²) in [5, 5.41) is 16.4. The van der Waals surface area contributed by atoms with Crippen LogP contribution < -0.4 is 4.90 Å². The van der Waals surface area contributed by atoms with Gasteiger partial charge >= 0.3 is 0 Å². The first-order chi connectivity index (χ1) is 12.8. The summed E-state index contributed by atoms with van der Waals surface area (Å²) >= 11 is 1.27. The molecule has 3 aromatic rings. The second-order valence-electron chi connectivity index (χ2n) is 5.41. The zero-order valence-electron chi connectivity index (χ0n) is 14.0. The number of benzene rings is 2. The molecule has 26 heavy (non-hydrogen) atoms. The Bertz CT molecular complexity index is 889. The van der Waals surface area contributed by atoms with Crippen molar-refractivity contribution >= 4 is 23.4 Å². The summed E-state index contributed by atoms with van der Waals surface area (Å²) < 4.78 is 0. The third kappa shape index (κ3) is 4.49. The zero-order valence-corrected chi connectivity index (χ0v) is 14.8. The van der Waals surface area contributed by atoms with Crippen LogP contribution in [0.25, 0.3) is 11.4 Å². The smallest absolute Gasteiger partial charge is 0.237 e. The maximum absolute atomic E-state index is 12.6. The Morgan fingerprint density at radius 2 is 1.81 bits per heavy atom. The second kappa shape index (κ2) is 8.83. The maximum Gasteiger partial charge on any atom is 0.237 e. The molecule has 0 atom stereocenters. The lowest BCUT2D eigenvalue weighted by atomic mass is 10.2. The fourth-order valence-electron chi connectivity index (χ4n) is 2.41. The number of aromatic nitrogens is 3. The molecule has 3 rings (SSSR count). The number of thioether (sulfide) groups is 1. The van der Waals surface area contributed by atoms with Gasteiger partial charge in [0.05, 0.1) is 18.2 Å². The number of nitriles is 1. The highest BCUT2D eigenvalue weighted by atomic mass is 32.2. The lowest BCUT2D eigenvalue weighted by Crippen LogP contribution is -2.33. The molecule has 0 saturated heterocycles. The van der Waals surface area contributed by atoms with Crippen LogP contribution in [0.15, 0.2) is 65.8 Å². The number of hydrogen-bond acceptors (Lipinski definition) is 5. The van der Waals surface area contributed by atoms with Crippen LogP contribution in [-0.2, 0) is 4.79 Å². The van der Waals surface area contributed by atoms with Gasteiger partial charge in [0.1, 0.15) is 0 Å². The first-order valence-electron chi connectivity index (χ1n) is 8.11. The van der Waals surface area contributed by atoms with Gasteiger partial charge in [0.2, 0.25) is 11.1 Å². The van der Waals surface area contributed by atoms with Crippen LogP contribution in [-0.4, -0.2) is 33.4 Å². The van der Waals surface area contributed by atoms with Crippen molar-refractivity contribution in [2.24, 2.45) is 0 Å². The van der Waals surface area contributed by atoms with E-state index >= 15 is 0 Å². The van der Waals surface area contributed by atoms with E-state index in [4.69, 9.17) is 5.26 Å². The molecule has 0 aliphatic rings. The first-order valence-corrected chi connectivity index (χ1v) is 9.09. The van der Waals surface area contributed by atoms with Crippen LogP contribution in [0.4, 0.5) is 5.69 Å². The van der Waals surface area contributed by atoms with Gasteiger partial charge in [-0.1, -0.05) is 60.3 Å². The Balaban J connectivity index is 1.65. The number of rotatable bonds is 7. The Labute approximate surface area is 155 Å². The van der Waals surface area contributed by atoms with Gasteiger partial charge in [-0.3, -0.25) is 9.89 Å². The molecule has 1 aromatic heterocycles. The minimum Gasteiger partial charge on any atom is -0.311 e. The fraction of sp³-hybridized carbons (Fsp3) is 0.158. The van der Waals surface area contributed by atoms with Crippen molar-refractivity contribution in [3.05, 3.63) is 60.7 Å². The number of hydrogen-bond donors (Lipinski definition) is 1. The molecule has 7 heteroatoms. The van der Waals surface area contributed by atoms with E-state index in [9.17, 15) is 4.79 Å². The van der Waals surface area contributed by atoms with E-state index < -0.39 is 0 Å². The number of H-pyrrole nitrogens is 1. The van der Waals surface area contributed by atoms with Crippen molar-refractivity contribution in [2.75, 3.05) is 17.2 Å². The van der Waals surface area contributed by atoms with Gasteiger partial charge in [-0.2, -0.15) is 5.26 Å². The quantitative estimate of drug-likeness (QED) is 0.649. The van der Waals surface area contributed by atoms with Crippen LogP contribution in [0.1, 0.15) is 6.42 Å². The largest absolute Gasteiger partial charge is 0.311 e. The van der Waals surface area contributed by atoms with Gasteiger partial charge in [0.25, 0.3) is 0 Å². The molecule has 2 aromatic carbocycles. The van der Waals surface area contributed by atoms with Gasteiger partial charge in [0.15, 0.2) is 5.82 Å². The minimum atomic E-state index is -0.0810. The topological polar surface area (TPSA) is 85.7 Å². The average Bonchev–Trinajstić information content (AvgIpc) is 3.17. The molecular weight excluding hydrogens is 346 g/mol. The predicted octanol–water partition coefficient (Wildman–Crippen LogP) is 3.51. The Morgan fingerprint density at radius 3 is 2.50 bits per heavy atom. The minimum absolute atomic E-state index is 0.0810. The van der Waals surface area contributed by atoms with Crippen molar-refractivity contribution in [1.29, 1.82) is 5.26 Å². The summed E-state index contributed by atoms with van der Waals surface area (Å²) in [5.41, 5.74) is 1.73. The third-order valence-corrected chi connectivity index (χ3v) is 4.49. The van der Waals surface area contributed by atoms with Crippen LogP contribution in [0.2, 0.25) is 0 Å². The van der Waals surface area contributed by atoms with Crippen molar-refractivity contribution < 1.29 is 4.79 Å². The van der Waals surface area contributed by atoms with E-state index in [0.717, 1.165) is 11.3 Å². The highest BCUT2D eigenvalue weighted by Crippen LogP contribution is 2.21. The van der Waals surface area contributed by atoms with Crippen molar-refractivity contribution in [2.45, 2.75) is 11.6 Å². The van der Waals surface area contributed by atoms with E-state index in [2.05, 4.69) is 21.3 Å². The van der Waals surface area contributed by atoms with E-state index in [0.29, 0.717) is 17.5 Å². The molecule has 0 radical (unpaired) electrons. The van der Waals surface area contributed by atoms with Crippen LogP contribution in [0.5, 0.6) is 0 Å². The van der Waals surface area contributed by atoms with Crippen LogP contribution >= 0.6 is 11.8 Å². The summed E-state index contributed by atoms with van der Waals surface area (Å²) in [6.07, 6.45) is 0.282. The van der Waals surface area contributed by atoms with Crippen LogP contribution in [0.3, 0.4) is 0 Å². The van der Waals surface area contributed by atoms with Crippen molar-refractivity contribution in [3.8, 4) is 17.5 Å². The highest BCUT2D eigenvalue weighted by Gasteiger charge is 2.17. The van der Waals surface area contributed by atoms with Gasteiger partial charge in [-0.15, -0.1) is 5.10 Å². The molecule has 0 fully saturated rings. The van der Waals surface area contributed by atoms with E-state index in [1.807, 2.05) is 60.7 Å².